The molecule has 0 saturated heterocycles. The van der Waals surface area contributed by atoms with Crippen molar-refractivity contribution < 1.29 is 31.8 Å². The lowest BCUT2D eigenvalue weighted by Gasteiger charge is -2.20. The van der Waals surface area contributed by atoms with Crippen molar-refractivity contribution in [2.24, 2.45) is 0 Å². The molecule has 0 aliphatic heterocycles. The van der Waals surface area contributed by atoms with Crippen LogP contribution >= 0.6 is 11.6 Å². The van der Waals surface area contributed by atoms with Gasteiger partial charge in [0.05, 0.1) is 24.0 Å². The zero-order valence-corrected chi connectivity index (χ0v) is 15.7. The minimum Gasteiger partial charge on any atom is -0.480 e. The number of amides is 1. The summed E-state index contributed by atoms with van der Waals surface area (Å²) in [5.74, 6) is -2.46. The summed E-state index contributed by atoms with van der Waals surface area (Å²) in [4.78, 5) is 16.5. The standard InChI is InChI=1S/C17H16ClF4N3O3/c1-7-6-24-16(27-3)13(18)14(7)25-15(26)9-4-10(19)11(23)5-12(9)28-8(2)17(20,21)22/h4-6,8H,23H2,1-3H3,(H,24,25,26). The van der Waals surface area contributed by atoms with Crippen LogP contribution in [0.15, 0.2) is 18.3 Å². The Balaban J connectivity index is 2.44. The number of aryl methyl sites for hydroxylation is 1. The summed E-state index contributed by atoms with van der Waals surface area (Å²) in [5, 5.41) is 2.38. The van der Waals surface area contributed by atoms with Gasteiger partial charge in [0, 0.05) is 12.3 Å². The zero-order valence-electron chi connectivity index (χ0n) is 14.9. The highest BCUT2D eigenvalue weighted by molar-refractivity contribution is 6.35. The largest absolute Gasteiger partial charge is 0.480 e. The molecule has 0 saturated carbocycles. The van der Waals surface area contributed by atoms with E-state index in [1.165, 1.54) is 13.3 Å². The van der Waals surface area contributed by atoms with Crippen molar-refractivity contribution >= 4 is 28.9 Å². The van der Waals surface area contributed by atoms with Crippen LogP contribution in [0.1, 0.15) is 22.8 Å². The van der Waals surface area contributed by atoms with Gasteiger partial charge in [0.2, 0.25) is 5.88 Å². The number of anilines is 2. The van der Waals surface area contributed by atoms with Gasteiger partial charge in [-0.15, -0.1) is 0 Å². The molecule has 1 amide bonds. The van der Waals surface area contributed by atoms with Crippen molar-refractivity contribution in [2.75, 3.05) is 18.2 Å². The van der Waals surface area contributed by atoms with Gasteiger partial charge in [-0.1, -0.05) is 11.6 Å². The maximum atomic E-state index is 13.9. The summed E-state index contributed by atoms with van der Waals surface area (Å²) in [6.45, 7) is 2.33. The normalized spacial score (nSPS) is 12.4. The van der Waals surface area contributed by atoms with E-state index in [9.17, 15) is 22.4 Å². The van der Waals surface area contributed by atoms with E-state index in [-0.39, 0.29) is 16.6 Å². The van der Waals surface area contributed by atoms with Crippen molar-refractivity contribution in [1.82, 2.24) is 4.98 Å². The molecule has 6 nitrogen and oxygen atoms in total. The van der Waals surface area contributed by atoms with Crippen molar-refractivity contribution in [1.29, 1.82) is 0 Å². The van der Waals surface area contributed by atoms with Crippen LogP contribution in [0.25, 0.3) is 0 Å². The topological polar surface area (TPSA) is 86.5 Å². The molecular formula is C17H16ClF4N3O3. The highest BCUT2D eigenvalue weighted by Gasteiger charge is 2.38. The molecule has 11 heteroatoms. The molecule has 1 unspecified atom stereocenters. The molecule has 1 heterocycles. The molecule has 0 spiro atoms. The number of nitrogens with one attached hydrogen (secondary N) is 1. The van der Waals surface area contributed by atoms with Gasteiger partial charge < -0.3 is 20.5 Å². The molecule has 2 rings (SSSR count). The van der Waals surface area contributed by atoms with E-state index >= 15 is 0 Å². The summed E-state index contributed by atoms with van der Waals surface area (Å²) < 4.78 is 62.1. The number of ether oxygens (including phenoxy) is 2. The van der Waals surface area contributed by atoms with Crippen molar-refractivity contribution in [3.8, 4) is 11.6 Å². The molecule has 1 aromatic carbocycles. The maximum absolute atomic E-state index is 13.9. The summed E-state index contributed by atoms with van der Waals surface area (Å²) in [7, 11) is 1.31. The first kappa shape index (κ1) is 21.5. The lowest BCUT2D eigenvalue weighted by Crippen LogP contribution is -2.32. The number of hydrogen-bond acceptors (Lipinski definition) is 5. The Labute approximate surface area is 162 Å². The van der Waals surface area contributed by atoms with E-state index in [0.717, 1.165) is 13.0 Å². The Morgan fingerprint density at radius 1 is 1.36 bits per heavy atom. The van der Waals surface area contributed by atoms with Crippen LogP contribution in [0, 0.1) is 12.7 Å². The number of carbonyl (C=O) groups excluding carboxylic acids is 1. The molecule has 2 aromatic rings. The second kappa shape index (κ2) is 8.09. The van der Waals surface area contributed by atoms with Crippen LogP contribution in [-0.2, 0) is 0 Å². The third-order valence-electron chi connectivity index (χ3n) is 3.72. The fraction of sp³-hybridized carbons (Fsp3) is 0.294. The average molecular weight is 422 g/mol. The van der Waals surface area contributed by atoms with Gasteiger partial charge in [-0.3, -0.25) is 4.79 Å². The third-order valence-corrected chi connectivity index (χ3v) is 4.07. The maximum Gasteiger partial charge on any atom is 0.425 e. The second-order valence-corrected chi connectivity index (χ2v) is 6.14. The molecule has 0 aliphatic carbocycles. The van der Waals surface area contributed by atoms with E-state index in [0.29, 0.717) is 11.6 Å². The Morgan fingerprint density at radius 2 is 2.00 bits per heavy atom. The minimum absolute atomic E-state index is 0.0215. The highest BCUT2D eigenvalue weighted by Crippen LogP contribution is 2.35. The van der Waals surface area contributed by atoms with Crippen molar-refractivity contribution in [2.45, 2.75) is 26.1 Å². The zero-order chi connectivity index (χ0) is 21.2. The van der Waals surface area contributed by atoms with Crippen molar-refractivity contribution in [3.63, 3.8) is 0 Å². The number of nitrogens with two attached hydrogens (primary N) is 1. The second-order valence-electron chi connectivity index (χ2n) is 5.77. The van der Waals surface area contributed by atoms with Crippen LogP contribution in [-0.4, -0.2) is 30.3 Å². The van der Waals surface area contributed by atoms with E-state index < -0.39 is 41.0 Å². The van der Waals surface area contributed by atoms with Gasteiger partial charge in [-0.2, -0.15) is 13.2 Å². The Bertz CT molecular complexity index is 906. The Kier molecular flexibility index (Phi) is 6.23. The van der Waals surface area contributed by atoms with Crippen LogP contribution < -0.4 is 20.5 Å². The number of benzene rings is 1. The lowest BCUT2D eigenvalue weighted by atomic mass is 10.1. The van der Waals surface area contributed by atoms with Gasteiger partial charge in [0.15, 0.2) is 6.10 Å². The molecule has 1 aromatic heterocycles. The van der Waals surface area contributed by atoms with Gasteiger partial charge in [-0.25, -0.2) is 9.37 Å². The van der Waals surface area contributed by atoms with Gasteiger partial charge in [0.1, 0.15) is 16.6 Å². The number of rotatable bonds is 5. The number of alkyl halides is 3. The van der Waals surface area contributed by atoms with E-state index in [4.69, 9.17) is 26.8 Å². The summed E-state index contributed by atoms with van der Waals surface area (Å²) in [5.41, 5.74) is 4.98. The van der Waals surface area contributed by atoms with Gasteiger partial charge in [0.25, 0.3) is 5.91 Å². The van der Waals surface area contributed by atoms with Crippen LogP contribution in [0.4, 0.5) is 28.9 Å². The van der Waals surface area contributed by atoms with E-state index in [2.05, 4.69) is 10.3 Å². The van der Waals surface area contributed by atoms with Crippen LogP contribution in [0.5, 0.6) is 11.6 Å². The Morgan fingerprint density at radius 3 is 2.57 bits per heavy atom. The number of halogens is 5. The third kappa shape index (κ3) is 4.56. The predicted molar refractivity (Wildman–Crippen MR) is 95.4 cm³/mol. The molecule has 3 N–H and O–H groups in total. The number of nitrogens with zero attached hydrogens (tertiary/aromatic N) is 1. The molecule has 0 aliphatic rings. The lowest BCUT2D eigenvalue weighted by molar-refractivity contribution is -0.189. The fourth-order valence-corrected chi connectivity index (χ4v) is 2.46. The van der Waals surface area contributed by atoms with Crippen LogP contribution in [0.3, 0.4) is 0 Å². The summed E-state index contributed by atoms with van der Waals surface area (Å²) >= 11 is 6.11. The number of nitrogen functional groups attached to an aromatic ring is 1. The first-order valence-electron chi connectivity index (χ1n) is 7.78. The first-order valence-corrected chi connectivity index (χ1v) is 8.16. The number of aromatic nitrogens is 1. The molecule has 152 valence electrons. The van der Waals surface area contributed by atoms with E-state index in [1.54, 1.807) is 6.92 Å². The van der Waals surface area contributed by atoms with E-state index in [1.807, 2.05) is 0 Å². The molecule has 28 heavy (non-hydrogen) atoms. The average Bonchev–Trinajstić information content (AvgIpc) is 2.60. The molecule has 0 fully saturated rings. The van der Waals surface area contributed by atoms with Gasteiger partial charge in [-0.05, 0) is 25.5 Å². The number of hydrogen-bond donors (Lipinski definition) is 2. The quantitative estimate of drug-likeness (QED) is 0.553. The number of pyridine rings is 1. The fourth-order valence-electron chi connectivity index (χ4n) is 2.13. The molecule has 1 atom stereocenters. The monoisotopic (exact) mass is 421 g/mol. The van der Waals surface area contributed by atoms with Crippen LogP contribution in [0.2, 0.25) is 5.02 Å². The number of methoxy groups -OCH3 is 1. The summed E-state index contributed by atoms with van der Waals surface area (Å²) in [6.07, 6.45) is -5.59. The van der Waals surface area contributed by atoms with Crippen molar-refractivity contribution in [3.05, 3.63) is 40.3 Å². The minimum atomic E-state index is -4.70. The highest BCUT2D eigenvalue weighted by atomic mass is 35.5. The predicted octanol–water partition coefficient (Wildman–Crippen LogP) is 4.36. The molecule has 0 radical (unpaired) electrons. The summed E-state index contributed by atoms with van der Waals surface area (Å²) in [6, 6.07) is 1.50. The number of carbonyl (C=O) groups is 1. The molecular weight excluding hydrogens is 406 g/mol. The smallest absolute Gasteiger partial charge is 0.425 e. The molecule has 0 bridgehead atoms. The first-order chi connectivity index (χ1) is 13.0. The Hall–Kier alpha value is -2.75. The van der Waals surface area contributed by atoms with Gasteiger partial charge >= 0.3 is 6.18 Å². The SMILES string of the molecule is COc1ncc(C)c(NC(=O)c2cc(F)c(N)cc2OC(C)C(F)(F)F)c1Cl.